The van der Waals surface area contributed by atoms with Crippen molar-refractivity contribution in [2.24, 2.45) is 11.8 Å². The van der Waals surface area contributed by atoms with Crippen molar-refractivity contribution in [3.63, 3.8) is 0 Å². The number of benzene rings is 2. The fourth-order valence-electron chi connectivity index (χ4n) is 5.65. The van der Waals surface area contributed by atoms with E-state index in [1.807, 2.05) is 18.7 Å². The van der Waals surface area contributed by atoms with Gasteiger partial charge in [0.25, 0.3) is 5.56 Å². The highest BCUT2D eigenvalue weighted by molar-refractivity contribution is 6.30. The van der Waals surface area contributed by atoms with Gasteiger partial charge in [0.15, 0.2) is 0 Å². The number of methoxy groups -OCH3 is 1. The van der Waals surface area contributed by atoms with E-state index in [2.05, 4.69) is 41.1 Å². The average Bonchev–Trinajstić information content (AvgIpc) is 3.62. The van der Waals surface area contributed by atoms with Crippen LogP contribution >= 0.6 is 11.6 Å². The number of halogens is 1. The highest BCUT2D eigenvalue weighted by Gasteiger charge is 2.29. The second-order valence-electron chi connectivity index (χ2n) is 11.8. The van der Waals surface area contributed by atoms with Crippen LogP contribution in [0.4, 0.5) is 10.5 Å². The maximum absolute atomic E-state index is 13.5. The number of nitrogens with zero attached hydrogens (tertiary/aromatic N) is 6. The third-order valence-corrected chi connectivity index (χ3v) is 8.25. The molecule has 2 aromatic heterocycles. The summed E-state index contributed by atoms with van der Waals surface area (Å²) in [4.78, 5) is 52.7. The number of anilines is 1. The molecule has 15 heteroatoms. The van der Waals surface area contributed by atoms with Gasteiger partial charge in [-0.25, -0.2) is 9.89 Å². The van der Waals surface area contributed by atoms with Crippen LogP contribution in [0.1, 0.15) is 50.4 Å². The van der Waals surface area contributed by atoms with Gasteiger partial charge in [-0.2, -0.15) is 9.78 Å². The Bertz CT molecular complexity index is 1840. The minimum atomic E-state index is -0.613. The monoisotopic (exact) mass is 673 g/mol. The normalized spacial score (nSPS) is 15.4. The van der Waals surface area contributed by atoms with Crippen molar-refractivity contribution >= 4 is 41.3 Å². The molecule has 0 aliphatic carbocycles. The zero-order valence-corrected chi connectivity index (χ0v) is 27.5. The smallest absolute Gasteiger partial charge is 0.411 e. The highest BCUT2D eigenvalue weighted by Crippen LogP contribution is 2.29. The number of tetrazole rings is 1. The number of hydrogen-bond donors (Lipinski definition) is 3. The van der Waals surface area contributed by atoms with Crippen molar-refractivity contribution in [3.8, 4) is 16.8 Å². The van der Waals surface area contributed by atoms with Gasteiger partial charge in [0.2, 0.25) is 11.8 Å². The van der Waals surface area contributed by atoms with Crippen LogP contribution in [0.5, 0.6) is 0 Å². The van der Waals surface area contributed by atoms with Crippen molar-refractivity contribution in [1.29, 1.82) is 0 Å². The SMILES string of the molecule is COC(=O)Nc1ccc(-c2cc(C(CC3CCCN(C(=O)C(C)C)C3)NC(=O)/C=C/c3cc(Cl)ccc3-n3cnnn3)n[nH]c2=O)cc1. The summed E-state index contributed by atoms with van der Waals surface area (Å²) in [5.41, 5.74) is 2.70. The van der Waals surface area contributed by atoms with Gasteiger partial charge in [-0.05, 0) is 83.6 Å². The minimum absolute atomic E-state index is 0.0796. The van der Waals surface area contributed by atoms with Gasteiger partial charge >= 0.3 is 6.09 Å². The predicted molar refractivity (Wildman–Crippen MR) is 179 cm³/mol. The Morgan fingerprint density at radius 1 is 1.15 bits per heavy atom. The van der Waals surface area contributed by atoms with E-state index in [-0.39, 0.29) is 17.7 Å². The molecule has 1 aliphatic heterocycles. The molecule has 4 aromatic rings. The number of rotatable bonds is 10. The molecule has 0 saturated carbocycles. The fourth-order valence-corrected chi connectivity index (χ4v) is 5.83. The number of hydrogen-bond acceptors (Lipinski definition) is 9. The number of nitrogens with one attached hydrogen (secondary N) is 3. The Labute approximate surface area is 281 Å². The Balaban J connectivity index is 1.43. The maximum Gasteiger partial charge on any atom is 0.411 e. The van der Waals surface area contributed by atoms with E-state index >= 15 is 0 Å². The fraction of sp³-hybridized carbons (Fsp3) is 0.333. The summed E-state index contributed by atoms with van der Waals surface area (Å²) in [5, 5.41) is 24.3. The Morgan fingerprint density at radius 3 is 2.65 bits per heavy atom. The molecule has 3 heterocycles. The molecule has 3 amide bonds. The van der Waals surface area contributed by atoms with Crippen LogP contribution in [0.15, 0.2) is 65.7 Å². The molecule has 0 radical (unpaired) electrons. The van der Waals surface area contributed by atoms with Gasteiger partial charge in [0.1, 0.15) is 6.33 Å². The first-order chi connectivity index (χ1) is 23.1. The van der Waals surface area contributed by atoms with Crippen molar-refractivity contribution < 1.29 is 19.1 Å². The number of aromatic nitrogens is 6. The van der Waals surface area contributed by atoms with E-state index < -0.39 is 23.6 Å². The number of aromatic amines is 1. The summed E-state index contributed by atoms with van der Waals surface area (Å²) in [6.45, 7) is 5.02. The standard InChI is InChI=1S/C33H36ClN9O5/c1-20(2)32(46)42-14-4-5-21(18-42)15-27(37-30(44)13-8-23-16-24(34)9-12-29(23)43-19-35-40-41-43)28-17-26(31(45)39-38-28)22-6-10-25(11-7-22)36-33(47)48-3/h6-13,16-17,19-21,27H,4-5,14-15,18H2,1-3H3,(H,36,47)(H,37,44)(H,39,45)/b13-8+. The molecule has 14 nitrogen and oxygen atoms in total. The van der Waals surface area contributed by atoms with Gasteiger partial charge in [-0.1, -0.05) is 37.6 Å². The maximum atomic E-state index is 13.5. The van der Waals surface area contributed by atoms with Crippen LogP contribution in [0.25, 0.3) is 22.9 Å². The molecule has 48 heavy (non-hydrogen) atoms. The van der Waals surface area contributed by atoms with E-state index in [4.69, 9.17) is 11.6 Å². The first-order valence-electron chi connectivity index (χ1n) is 15.5. The lowest BCUT2D eigenvalue weighted by molar-refractivity contribution is -0.136. The van der Waals surface area contributed by atoms with Crippen LogP contribution < -0.4 is 16.2 Å². The first-order valence-corrected chi connectivity index (χ1v) is 15.8. The predicted octanol–water partition coefficient (Wildman–Crippen LogP) is 4.40. The van der Waals surface area contributed by atoms with Crippen LogP contribution in [0.3, 0.4) is 0 Å². The van der Waals surface area contributed by atoms with Gasteiger partial charge in [-0.3, -0.25) is 19.7 Å². The highest BCUT2D eigenvalue weighted by atomic mass is 35.5. The second kappa shape index (κ2) is 15.5. The number of H-pyrrole nitrogens is 1. The summed E-state index contributed by atoms with van der Waals surface area (Å²) >= 11 is 6.25. The van der Waals surface area contributed by atoms with Crippen molar-refractivity contribution in [1.82, 2.24) is 40.6 Å². The van der Waals surface area contributed by atoms with Gasteiger partial charge < -0.3 is 15.0 Å². The molecular formula is C33H36ClN9O5. The van der Waals surface area contributed by atoms with E-state index in [0.717, 1.165) is 12.8 Å². The molecule has 2 atom stereocenters. The van der Waals surface area contributed by atoms with E-state index in [1.165, 1.54) is 24.2 Å². The number of carbonyl (C=O) groups is 3. The van der Waals surface area contributed by atoms with Gasteiger partial charge in [-0.15, -0.1) is 5.10 Å². The zero-order chi connectivity index (χ0) is 34.2. The Morgan fingerprint density at radius 2 is 1.94 bits per heavy atom. The summed E-state index contributed by atoms with van der Waals surface area (Å²) in [7, 11) is 1.27. The van der Waals surface area contributed by atoms with Crippen molar-refractivity contribution in [2.75, 3.05) is 25.5 Å². The average molecular weight is 674 g/mol. The van der Waals surface area contributed by atoms with Crippen LogP contribution in [0, 0.1) is 11.8 Å². The van der Waals surface area contributed by atoms with E-state index in [1.54, 1.807) is 54.6 Å². The van der Waals surface area contributed by atoms with Gasteiger partial charge in [0, 0.05) is 41.4 Å². The van der Waals surface area contributed by atoms with Gasteiger partial charge in [0.05, 0.1) is 30.1 Å². The summed E-state index contributed by atoms with van der Waals surface area (Å²) in [6, 6.07) is 12.9. The molecule has 1 aliphatic rings. The van der Waals surface area contributed by atoms with Crippen molar-refractivity contribution in [2.45, 2.75) is 39.2 Å². The second-order valence-corrected chi connectivity index (χ2v) is 12.2. The quantitative estimate of drug-likeness (QED) is 0.206. The van der Waals surface area contributed by atoms with E-state index in [0.29, 0.717) is 58.3 Å². The third kappa shape index (κ3) is 8.50. The zero-order valence-electron chi connectivity index (χ0n) is 26.7. The number of piperidine rings is 1. The van der Waals surface area contributed by atoms with Crippen LogP contribution in [-0.2, 0) is 14.3 Å². The first kappa shape index (κ1) is 34.0. The molecule has 2 aromatic carbocycles. The Hall–Kier alpha value is -5.37. The molecule has 3 N–H and O–H groups in total. The summed E-state index contributed by atoms with van der Waals surface area (Å²) < 4.78 is 6.10. The summed E-state index contributed by atoms with van der Waals surface area (Å²) in [5.74, 6) is -0.346. The number of carbonyl (C=O) groups excluding carboxylic acids is 3. The molecule has 1 fully saturated rings. The number of ether oxygens (including phenoxy) is 1. The molecule has 0 bridgehead atoms. The number of amides is 3. The van der Waals surface area contributed by atoms with Crippen LogP contribution in [0.2, 0.25) is 5.02 Å². The number of likely N-dealkylation sites (tertiary alicyclic amines) is 1. The lowest BCUT2D eigenvalue weighted by Crippen LogP contribution is -2.43. The summed E-state index contributed by atoms with van der Waals surface area (Å²) in [6.07, 6.45) is 6.03. The van der Waals surface area contributed by atoms with Crippen molar-refractivity contribution in [3.05, 3.63) is 87.6 Å². The molecule has 0 spiro atoms. The lowest BCUT2D eigenvalue weighted by Gasteiger charge is -2.35. The van der Waals surface area contributed by atoms with Crippen LogP contribution in [-0.4, -0.2) is 73.4 Å². The third-order valence-electron chi connectivity index (χ3n) is 8.02. The largest absolute Gasteiger partial charge is 0.453 e. The lowest BCUT2D eigenvalue weighted by atomic mass is 9.89. The molecule has 250 valence electrons. The minimum Gasteiger partial charge on any atom is -0.453 e. The molecular weight excluding hydrogens is 638 g/mol. The molecule has 1 saturated heterocycles. The topological polar surface area (TPSA) is 177 Å². The Kier molecular flexibility index (Phi) is 11.0. The van der Waals surface area contributed by atoms with E-state index in [9.17, 15) is 19.2 Å². The molecule has 5 rings (SSSR count). The molecule has 2 unspecified atom stereocenters.